The van der Waals surface area contributed by atoms with Gasteiger partial charge in [0.2, 0.25) is 6.29 Å². The van der Waals surface area contributed by atoms with Crippen molar-refractivity contribution in [1.82, 2.24) is 5.32 Å². The number of carbonyl (C=O) groups excluding carboxylic acids is 2. The zero-order valence-corrected chi connectivity index (χ0v) is 11.9. The predicted molar refractivity (Wildman–Crippen MR) is 69.8 cm³/mol. The van der Waals surface area contributed by atoms with Crippen LogP contribution in [0.1, 0.15) is 48.5 Å². The van der Waals surface area contributed by atoms with Gasteiger partial charge in [-0.3, -0.25) is 0 Å². The minimum Gasteiger partial charge on any atom is -0.444 e. The van der Waals surface area contributed by atoms with Gasteiger partial charge in [-0.05, 0) is 38.5 Å². The first-order valence-corrected chi connectivity index (χ1v) is 6.35. The van der Waals surface area contributed by atoms with Gasteiger partial charge in [0.1, 0.15) is 17.0 Å². The Balaban J connectivity index is 2.09. The maximum Gasteiger partial charge on any atom is 0.407 e. The second kappa shape index (κ2) is 5.33. The molecule has 2 rings (SSSR count). The summed E-state index contributed by atoms with van der Waals surface area (Å²) < 4.78 is 23.4. The lowest BCUT2D eigenvalue weighted by molar-refractivity contribution is -0.0548. The van der Waals surface area contributed by atoms with Crippen LogP contribution in [0.4, 0.5) is 9.18 Å². The van der Waals surface area contributed by atoms with Gasteiger partial charge in [0.25, 0.3) is 0 Å². The minimum atomic E-state index is -1.48. The molecular weight excluding hydrogens is 281 g/mol. The van der Waals surface area contributed by atoms with E-state index in [-0.39, 0.29) is 17.7 Å². The van der Waals surface area contributed by atoms with Crippen molar-refractivity contribution in [3.63, 3.8) is 0 Å². The largest absolute Gasteiger partial charge is 0.444 e. The van der Waals surface area contributed by atoms with Crippen molar-refractivity contribution in [1.29, 1.82) is 0 Å². The number of ether oxygens (including phenoxy) is 2. The van der Waals surface area contributed by atoms with Gasteiger partial charge >= 0.3 is 12.1 Å². The van der Waals surface area contributed by atoms with Crippen LogP contribution in [0, 0.1) is 5.82 Å². The molecule has 1 amide bonds. The summed E-state index contributed by atoms with van der Waals surface area (Å²) >= 11 is 0. The number of benzene rings is 1. The highest BCUT2D eigenvalue weighted by atomic mass is 19.1. The van der Waals surface area contributed by atoms with Crippen LogP contribution in [0.2, 0.25) is 0 Å². The summed E-state index contributed by atoms with van der Waals surface area (Å²) in [5, 5.41) is 12.0. The molecule has 1 heterocycles. The molecule has 1 aromatic rings. The van der Waals surface area contributed by atoms with Crippen molar-refractivity contribution >= 4 is 12.1 Å². The Morgan fingerprint density at radius 3 is 2.76 bits per heavy atom. The smallest absolute Gasteiger partial charge is 0.407 e. The Morgan fingerprint density at radius 2 is 2.14 bits per heavy atom. The van der Waals surface area contributed by atoms with Gasteiger partial charge in [-0.2, -0.15) is 0 Å². The molecule has 0 fully saturated rings. The number of alkyl carbamates (subject to hydrolysis) is 1. The third kappa shape index (κ3) is 3.49. The van der Waals surface area contributed by atoms with Crippen molar-refractivity contribution < 1.29 is 28.6 Å². The van der Waals surface area contributed by atoms with E-state index in [0.717, 1.165) is 6.07 Å². The fourth-order valence-electron chi connectivity index (χ4n) is 1.91. The second-order valence-electron chi connectivity index (χ2n) is 5.65. The fourth-order valence-corrected chi connectivity index (χ4v) is 1.91. The van der Waals surface area contributed by atoms with Crippen LogP contribution >= 0.6 is 0 Å². The SMILES string of the molecule is CC(C)(C)OC(=O)NCc1cc(F)c2c(c1)C(O)OC2=O. The summed E-state index contributed by atoms with van der Waals surface area (Å²) in [5.41, 5.74) is -0.469. The Hall–Kier alpha value is -2.15. The van der Waals surface area contributed by atoms with Crippen LogP contribution in [0.5, 0.6) is 0 Å². The Bertz CT molecular complexity index is 594. The van der Waals surface area contributed by atoms with Crippen molar-refractivity contribution in [2.45, 2.75) is 39.2 Å². The number of carbonyl (C=O) groups is 2. The second-order valence-corrected chi connectivity index (χ2v) is 5.65. The first-order valence-electron chi connectivity index (χ1n) is 6.35. The van der Waals surface area contributed by atoms with Gasteiger partial charge in [0, 0.05) is 12.1 Å². The van der Waals surface area contributed by atoms with E-state index < -0.39 is 29.8 Å². The molecule has 1 atom stereocenters. The number of halogens is 1. The summed E-state index contributed by atoms with van der Waals surface area (Å²) in [6.07, 6.45) is -2.13. The van der Waals surface area contributed by atoms with Gasteiger partial charge in [0.15, 0.2) is 0 Å². The molecule has 0 aromatic heterocycles. The lowest BCUT2D eigenvalue weighted by Gasteiger charge is -2.19. The average Bonchev–Trinajstić information content (AvgIpc) is 2.60. The maximum absolute atomic E-state index is 13.8. The van der Waals surface area contributed by atoms with Crippen LogP contribution in [0.3, 0.4) is 0 Å². The van der Waals surface area contributed by atoms with Gasteiger partial charge in [0.05, 0.1) is 0 Å². The zero-order chi connectivity index (χ0) is 15.8. The highest BCUT2D eigenvalue weighted by Gasteiger charge is 2.33. The zero-order valence-electron chi connectivity index (χ0n) is 11.9. The number of esters is 1. The molecule has 1 aliphatic heterocycles. The summed E-state index contributed by atoms with van der Waals surface area (Å²) in [5.74, 6) is -1.70. The Kier molecular flexibility index (Phi) is 3.87. The molecule has 0 bridgehead atoms. The maximum atomic E-state index is 13.8. The first-order chi connectivity index (χ1) is 9.67. The molecule has 114 valence electrons. The van der Waals surface area contributed by atoms with E-state index >= 15 is 0 Å². The number of nitrogens with one attached hydrogen (secondary N) is 1. The molecule has 1 unspecified atom stereocenters. The molecule has 0 saturated carbocycles. The number of cyclic esters (lactones) is 1. The minimum absolute atomic E-state index is 0.0000236. The molecule has 0 aliphatic carbocycles. The van der Waals surface area contributed by atoms with E-state index in [1.807, 2.05) is 0 Å². The third-order valence-electron chi connectivity index (χ3n) is 2.71. The number of hydrogen-bond donors (Lipinski definition) is 2. The monoisotopic (exact) mass is 297 g/mol. The van der Waals surface area contributed by atoms with E-state index in [0.29, 0.717) is 5.56 Å². The molecular formula is C14H16FNO5. The number of hydrogen-bond acceptors (Lipinski definition) is 5. The highest BCUT2D eigenvalue weighted by Crippen LogP contribution is 2.31. The molecule has 7 heteroatoms. The molecule has 6 nitrogen and oxygen atoms in total. The van der Waals surface area contributed by atoms with Gasteiger partial charge < -0.3 is 19.9 Å². The van der Waals surface area contributed by atoms with Gasteiger partial charge in [-0.1, -0.05) is 0 Å². The van der Waals surface area contributed by atoms with Gasteiger partial charge in [-0.25, -0.2) is 14.0 Å². The lowest BCUT2D eigenvalue weighted by Crippen LogP contribution is -2.32. The Morgan fingerprint density at radius 1 is 1.48 bits per heavy atom. The number of aliphatic hydroxyl groups is 1. The number of amides is 1. The van der Waals surface area contributed by atoms with Crippen molar-refractivity contribution in [2.24, 2.45) is 0 Å². The molecule has 0 radical (unpaired) electrons. The molecule has 1 aliphatic rings. The Labute approximate surface area is 120 Å². The number of aliphatic hydroxyl groups excluding tert-OH is 1. The number of fused-ring (bicyclic) bond motifs is 1. The summed E-state index contributed by atoms with van der Waals surface area (Å²) in [4.78, 5) is 22.8. The summed E-state index contributed by atoms with van der Waals surface area (Å²) in [6, 6.07) is 2.51. The summed E-state index contributed by atoms with van der Waals surface area (Å²) in [7, 11) is 0. The number of rotatable bonds is 2. The first kappa shape index (κ1) is 15.2. The normalized spacial score (nSPS) is 17.2. The van der Waals surface area contributed by atoms with E-state index in [2.05, 4.69) is 10.1 Å². The van der Waals surface area contributed by atoms with E-state index in [1.165, 1.54) is 6.07 Å². The molecule has 2 N–H and O–H groups in total. The average molecular weight is 297 g/mol. The third-order valence-corrected chi connectivity index (χ3v) is 2.71. The van der Waals surface area contributed by atoms with E-state index in [9.17, 15) is 19.1 Å². The van der Waals surface area contributed by atoms with E-state index in [4.69, 9.17) is 4.74 Å². The molecule has 0 saturated heterocycles. The molecule has 1 aromatic carbocycles. The van der Waals surface area contributed by atoms with Crippen LogP contribution in [-0.2, 0) is 16.0 Å². The lowest BCUT2D eigenvalue weighted by atomic mass is 10.0. The van der Waals surface area contributed by atoms with Crippen molar-refractivity contribution in [3.05, 3.63) is 34.6 Å². The van der Waals surface area contributed by atoms with Crippen LogP contribution < -0.4 is 5.32 Å². The van der Waals surface area contributed by atoms with Crippen molar-refractivity contribution in [2.75, 3.05) is 0 Å². The van der Waals surface area contributed by atoms with E-state index in [1.54, 1.807) is 20.8 Å². The van der Waals surface area contributed by atoms with Gasteiger partial charge in [-0.15, -0.1) is 0 Å². The van der Waals surface area contributed by atoms with Crippen LogP contribution in [0.25, 0.3) is 0 Å². The molecule has 0 spiro atoms. The quantitative estimate of drug-likeness (QED) is 0.816. The van der Waals surface area contributed by atoms with Crippen molar-refractivity contribution in [3.8, 4) is 0 Å². The molecule has 21 heavy (non-hydrogen) atoms. The predicted octanol–water partition coefficient (Wildman–Crippen LogP) is 2.01. The summed E-state index contributed by atoms with van der Waals surface area (Å²) in [6.45, 7) is 5.17. The van der Waals surface area contributed by atoms with Crippen LogP contribution in [0.15, 0.2) is 12.1 Å². The topological polar surface area (TPSA) is 84.9 Å². The standard InChI is InChI=1S/C14H16FNO5/c1-14(2,3)21-13(19)16-6-7-4-8-10(9(15)5-7)12(18)20-11(8)17/h4-5,11,17H,6H2,1-3H3,(H,16,19). The highest BCUT2D eigenvalue weighted by molar-refractivity contribution is 5.94. The fraction of sp³-hybridized carbons (Fsp3) is 0.429. The van der Waals surface area contributed by atoms with Crippen LogP contribution in [-0.4, -0.2) is 22.8 Å².